The number of hydrogen-bond acceptors (Lipinski definition) is 5. The molecule has 106 valence electrons. The monoisotopic (exact) mass is 284 g/mol. The van der Waals surface area contributed by atoms with E-state index in [0.29, 0.717) is 11.0 Å². The fraction of sp³-hybridized carbons (Fsp3) is 0.750. The van der Waals surface area contributed by atoms with Gasteiger partial charge in [0.05, 0.1) is 12.1 Å². The fourth-order valence-electron chi connectivity index (χ4n) is 1.95. The number of hydrogen-bond donors (Lipinski definition) is 2. The highest BCUT2D eigenvalue weighted by Crippen LogP contribution is 2.22. The quantitative estimate of drug-likeness (QED) is 0.890. The molecular formula is C12H20N4O2S. The van der Waals surface area contributed by atoms with Gasteiger partial charge in [-0.05, 0) is 19.8 Å². The van der Waals surface area contributed by atoms with Gasteiger partial charge < -0.3 is 10.1 Å². The Bertz CT molecular complexity index is 429. The van der Waals surface area contributed by atoms with E-state index in [0.717, 1.165) is 24.5 Å². The summed E-state index contributed by atoms with van der Waals surface area (Å²) in [6.07, 6.45) is 2.18. The highest BCUT2D eigenvalue weighted by molar-refractivity contribution is 7.15. The average molecular weight is 284 g/mol. The van der Waals surface area contributed by atoms with Crippen molar-refractivity contribution >= 4 is 22.5 Å². The summed E-state index contributed by atoms with van der Waals surface area (Å²) in [5.41, 5.74) is 0. The van der Waals surface area contributed by atoms with E-state index in [9.17, 15) is 4.79 Å². The molecule has 1 aliphatic heterocycles. The molecule has 1 aromatic rings. The second kappa shape index (κ2) is 6.29. The summed E-state index contributed by atoms with van der Waals surface area (Å²) >= 11 is 1.40. The number of nitrogens with zero attached hydrogens (tertiary/aromatic N) is 2. The molecule has 1 aliphatic rings. The molecular weight excluding hydrogens is 264 g/mol. The van der Waals surface area contributed by atoms with Crippen molar-refractivity contribution in [2.24, 2.45) is 0 Å². The minimum Gasteiger partial charge on any atom is -0.376 e. The van der Waals surface area contributed by atoms with E-state index in [-0.39, 0.29) is 18.2 Å². The number of carbonyl (C=O) groups excluding carboxylic acids is 1. The second-order valence-corrected chi connectivity index (χ2v) is 6.05. The third kappa shape index (κ3) is 3.87. The summed E-state index contributed by atoms with van der Waals surface area (Å²) in [5, 5.41) is 15.0. The number of urea groups is 1. The van der Waals surface area contributed by atoms with Crippen molar-refractivity contribution in [1.29, 1.82) is 0 Å². The first kappa shape index (κ1) is 14.2. The molecule has 1 saturated heterocycles. The molecule has 0 bridgehead atoms. The molecule has 6 nitrogen and oxygen atoms in total. The molecule has 2 heterocycles. The van der Waals surface area contributed by atoms with Gasteiger partial charge in [0.1, 0.15) is 5.01 Å². The predicted molar refractivity (Wildman–Crippen MR) is 74.6 cm³/mol. The van der Waals surface area contributed by atoms with Crippen molar-refractivity contribution in [3.63, 3.8) is 0 Å². The van der Waals surface area contributed by atoms with Crippen LogP contribution in [-0.2, 0) is 4.74 Å². The van der Waals surface area contributed by atoms with Gasteiger partial charge in [0.15, 0.2) is 0 Å². The lowest BCUT2D eigenvalue weighted by atomic mass is 10.1. The van der Waals surface area contributed by atoms with Crippen LogP contribution in [0.2, 0.25) is 0 Å². The Balaban J connectivity index is 1.82. The normalized spacial score (nSPS) is 20.5. The summed E-state index contributed by atoms with van der Waals surface area (Å²) in [6.45, 7) is 6.83. The lowest BCUT2D eigenvalue weighted by Gasteiger charge is -2.19. The molecule has 1 aromatic heterocycles. The van der Waals surface area contributed by atoms with Crippen LogP contribution in [0.3, 0.4) is 0 Å². The Morgan fingerprint density at radius 1 is 1.42 bits per heavy atom. The summed E-state index contributed by atoms with van der Waals surface area (Å²) in [4.78, 5) is 11.8. The first-order valence-corrected chi connectivity index (χ1v) is 7.40. The molecule has 2 rings (SSSR count). The van der Waals surface area contributed by atoms with E-state index < -0.39 is 0 Å². The highest BCUT2D eigenvalue weighted by atomic mass is 32.1. The number of anilines is 1. The number of rotatable bonds is 4. The zero-order valence-electron chi connectivity index (χ0n) is 11.5. The van der Waals surface area contributed by atoms with Crippen LogP contribution in [0, 0.1) is 0 Å². The maximum Gasteiger partial charge on any atom is 0.321 e. The summed E-state index contributed by atoms with van der Waals surface area (Å²) < 4.78 is 5.53. The Hall–Kier alpha value is -1.21. The number of amides is 2. The minimum absolute atomic E-state index is 0.00000871. The summed E-state index contributed by atoms with van der Waals surface area (Å²) in [6, 6.07) is -0.255. The minimum atomic E-state index is -0.255. The van der Waals surface area contributed by atoms with Crippen LogP contribution in [-0.4, -0.2) is 35.0 Å². The van der Waals surface area contributed by atoms with Crippen LogP contribution in [0.1, 0.15) is 44.5 Å². The van der Waals surface area contributed by atoms with Gasteiger partial charge in [0.25, 0.3) is 0 Å². The predicted octanol–water partition coefficient (Wildman–Crippen LogP) is 2.35. The van der Waals surface area contributed by atoms with Crippen molar-refractivity contribution in [2.75, 3.05) is 11.9 Å². The Morgan fingerprint density at radius 3 is 2.79 bits per heavy atom. The van der Waals surface area contributed by atoms with Gasteiger partial charge in [0.2, 0.25) is 5.13 Å². The van der Waals surface area contributed by atoms with E-state index in [1.807, 2.05) is 20.8 Å². The lowest BCUT2D eigenvalue weighted by molar-refractivity contribution is 0.0868. The summed E-state index contributed by atoms with van der Waals surface area (Å²) in [5.74, 6) is 0.321. The molecule has 19 heavy (non-hydrogen) atoms. The molecule has 2 amide bonds. The van der Waals surface area contributed by atoms with Crippen molar-refractivity contribution in [3.8, 4) is 0 Å². The van der Waals surface area contributed by atoms with Gasteiger partial charge in [-0.25, -0.2) is 4.79 Å². The summed E-state index contributed by atoms with van der Waals surface area (Å²) in [7, 11) is 0. The van der Waals surface area contributed by atoms with Gasteiger partial charge in [-0.2, -0.15) is 0 Å². The third-order valence-corrected chi connectivity index (χ3v) is 4.18. The van der Waals surface area contributed by atoms with Gasteiger partial charge in [-0.3, -0.25) is 5.32 Å². The zero-order valence-corrected chi connectivity index (χ0v) is 12.3. The first-order valence-electron chi connectivity index (χ1n) is 6.58. The van der Waals surface area contributed by atoms with Gasteiger partial charge in [0, 0.05) is 12.5 Å². The van der Waals surface area contributed by atoms with E-state index in [1.165, 1.54) is 11.3 Å². The number of ether oxygens (including phenoxy) is 1. The van der Waals surface area contributed by atoms with Gasteiger partial charge in [-0.15, -0.1) is 10.2 Å². The van der Waals surface area contributed by atoms with E-state index in [4.69, 9.17) is 4.74 Å². The van der Waals surface area contributed by atoms with Crippen LogP contribution in [0.15, 0.2) is 0 Å². The fourth-order valence-corrected chi connectivity index (χ4v) is 2.69. The van der Waals surface area contributed by atoms with Gasteiger partial charge in [-0.1, -0.05) is 25.2 Å². The molecule has 0 aromatic carbocycles. The standard InChI is InChI=1S/C12H20N4O2S/c1-7(2)10-15-16-12(19-10)14-11(17)13-8(3)9-5-4-6-18-9/h7-9H,4-6H2,1-3H3,(H2,13,14,16,17)/t8-,9-/m1/s1. The number of aromatic nitrogens is 2. The largest absolute Gasteiger partial charge is 0.376 e. The number of nitrogens with one attached hydrogen (secondary N) is 2. The topological polar surface area (TPSA) is 76.1 Å². The molecule has 0 spiro atoms. The first-order chi connectivity index (χ1) is 9.06. The Labute approximate surface area is 116 Å². The van der Waals surface area contributed by atoms with E-state index in [1.54, 1.807) is 0 Å². The van der Waals surface area contributed by atoms with Crippen LogP contribution in [0.4, 0.5) is 9.93 Å². The van der Waals surface area contributed by atoms with E-state index >= 15 is 0 Å². The van der Waals surface area contributed by atoms with Crippen LogP contribution >= 0.6 is 11.3 Å². The highest BCUT2D eigenvalue weighted by Gasteiger charge is 2.23. The van der Waals surface area contributed by atoms with Crippen LogP contribution in [0.25, 0.3) is 0 Å². The van der Waals surface area contributed by atoms with Crippen molar-refractivity contribution in [2.45, 2.75) is 51.7 Å². The SMILES string of the molecule is CC(C)c1nnc(NC(=O)N[C@H](C)[C@H]2CCCO2)s1. The molecule has 2 atom stereocenters. The van der Waals surface area contributed by atoms with Crippen LogP contribution < -0.4 is 10.6 Å². The van der Waals surface area contributed by atoms with Crippen molar-refractivity contribution < 1.29 is 9.53 Å². The second-order valence-electron chi connectivity index (χ2n) is 5.04. The zero-order chi connectivity index (χ0) is 13.8. The van der Waals surface area contributed by atoms with Crippen LogP contribution in [0.5, 0.6) is 0 Å². The molecule has 7 heteroatoms. The third-order valence-electron chi connectivity index (χ3n) is 3.04. The smallest absolute Gasteiger partial charge is 0.321 e. The average Bonchev–Trinajstić information content (AvgIpc) is 2.98. The molecule has 0 saturated carbocycles. The maximum atomic E-state index is 11.8. The lowest BCUT2D eigenvalue weighted by Crippen LogP contribution is -2.42. The molecule has 0 radical (unpaired) electrons. The van der Waals surface area contributed by atoms with Gasteiger partial charge >= 0.3 is 6.03 Å². The van der Waals surface area contributed by atoms with Crippen molar-refractivity contribution in [1.82, 2.24) is 15.5 Å². The van der Waals surface area contributed by atoms with Crippen molar-refractivity contribution in [3.05, 3.63) is 5.01 Å². The maximum absolute atomic E-state index is 11.8. The molecule has 2 N–H and O–H groups in total. The molecule has 1 fully saturated rings. The Morgan fingerprint density at radius 2 is 2.21 bits per heavy atom. The van der Waals surface area contributed by atoms with E-state index in [2.05, 4.69) is 20.8 Å². The molecule has 0 unspecified atom stereocenters. The number of carbonyl (C=O) groups is 1. The Kier molecular flexibility index (Phi) is 4.71. The molecule has 0 aliphatic carbocycles.